The van der Waals surface area contributed by atoms with Crippen molar-refractivity contribution in [3.63, 3.8) is 0 Å². The van der Waals surface area contributed by atoms with E-state index in [1.54, 1.807) is 0 Å². The fourth-order valence-corrected chi connectivity index (χ4v) is 5.59. The smallest absolute Gasteiger partial charge is 0.313 e. The van der Waals surface area contributed by atoms with Crippen molar-refractivity contribution in [1.29, 1.82) is 0 Å². The third-order valence-corrected chi connectivity index (χ3v) is 7.01. The number of carbonyl (C=O) groups is 2. The number of nitrogens with zero attached hydrogens (tertiary/aromatic N) is 2. The summed E-state index contributed by atoms with van der Waals surface area (Å²) in [7, 11) is 1.98. The number of carboxylic acid groups (broad SMARTS) is 1. The van der Waals surface area contributed by atoms with E-state index in [1.165, 1.54) is 0 Å². The van der Waals surface area contributed by atoms with Crippen LogP contribution in [0.3, 0.4) is 0 Å². The van der Waals surface area contributed by atoms with Gasteiger partial charge < -0.3 is 14.9 Å². The van der Waals surface area contributed by atoms with Crippen molar-refractivity contribution in [2.24, 2.45) is 11.3 Å². The van der Waals surface area contributed by atoms with Gasteiger partial charge in [0, 0.05) is 19.6 Å². The normalized spacial score (nSPS) is 31.0. The van der Waals surface area contributed by atoms with Gasteiger partial charge in [-0.3, -0.25) is 9.59 Å². The molecule has 26 heavy (non-hydrogen) atoms. The van der Waals surface area contributed by atoms with Crippen molar-refractivity contribution >= 4 is 11.9 Å². The van der Waals surface area contributed by atoms with E-state index in [2.05, 4.69) is 17.0 Å². The minimum atomic E-state index is -0.806. The van der Waals surface area contributed by atoms with Crippen LogP contribution in [0.4, 0.5) is 0 Å². The molecule has 2 atom stereocenters. The van der Waals surface area contributed by atoms with Gasteiger partial charge in [-0.25, -0.2) is 0 Å². The average molecular weight is 356 g/mol. The quantitative estimate of drug-likeness (QED) is 0.903. The number of benzene rings is 1. The first-order chi connectivity index (χ1) is 12.5. The van der Waals surface area contributed by atoms with Crippen LogP contribution >= 0.6 is 0 Å². The Morgan fingerprint density at radius 1 is 1.12 bits per heavy atom. The Hall–Kier alpha value is -1.88. The number of hydrogen-bond acceptors (Lipinski definition) is 3. The molecule has 140 valence electrons. The van der Waals surface area contributed by atoms with Gasteiger partial charge in [0.05, 0.1) is 5.41 Å². The van der Waals surface area contributed by atoms with E-state index < -0.39 is 16.8 Å². The highest BCUT2D eigenvalue weighted by molar-refractivity contribution is 5.90. The molecule has 1 aliphatic carbocycles. The van der Waals surface area contributed by atoms with Crippen molar-refractivity contribution in [1.82, 2.24) is 9.80 Å². The summed E-state index contributed by atoms with van der Waals surface area (Å²) in [5.41, 5.74) is -0.168. The van der Waals surface area contributed by atoms with Gasteiger partial charge in [-0.1, -0.05) is 43.2 Å². The molecule has 2 aliphatic heterocycles. The number of fused-ring (bicyclic) bond motifs is 1. The SMILES string of the molecule is CN1CC[C@H]2CN(C(=O)C3(c4ccccc4)CCCC3)C[C@@]2(C(=O)O)C1. The van der Waals surface area contributed by atoms with Gasteiger partial charge in [0.2, 0.25) is 5.91 Å². The fourth-order valence-electron chi connectivity index (χ4n) is 5.59. The largest absolute Gasteiger partial charge is 0.481 e. The molecule has 1 amide bonds. The lowest BCUT2D eigenvalue weighted by atomic mass is 9.73. The first-order valence-corrected chi connectivity index (χ1v) is 9.75. The van der Waals surface area contributed by atoms with Crippen molar-refractivity contribution in [3.05, 3.63) is 35.9 Å². The van der Waals surface area contributed by atoms with Crippen molar-refractivity contribution in [2.45, 2.75) is 37.5 Å². The lowest BCUT2D eigenvalue weighted by molar-refractivity contribution is -0.154. The maximum absolute atomic E-state index is 13.7. The van der Waals surface area contributed by atoms with Crippen LogP contribution in [-0.2, 0) is 15.0 Å². The van der Waals surface area contributed by atoms with Crippen LogP contribution in [0, 0.1) is 11.3 Å². The Morgan fingerprint density at radius 3 is 2.46 bits per heavy atom. The number of aliphatic carboxylic acids is 1. The topological polar surface area (TPSA) is 60.9 Å². The van der Waals surface area contributed by atoms with E-state index in [4.69, 9.17) is 0 Å². The molecular weight excluding hydrogens is 328 g/mol. The predicted molar refractivity (Wildman–Crippen MR) is 98.8 cm³/mol. The van der Waals surface area contributed by atoms with Crippen molar-refractivity contribution < 1.29 is 14.7 Å². The van der Waals surface area contributed by atoms with E-state index in [-0.39, 0.29) is 11.8 Å². The molecular formula is C21H28N2O3. The molecule has 1 aromatic rings. The lowest BCUT2D eigenvalue weighted by Gasteiger charge is -2.39. The maximum Gasteiger partial charge on any atom is 0.313 e. The zero-order valence-electron chi connectivity index (χ0n) is 15.5. The minimum Gasteiger partial charge on any atom is -0.481 e. The highest BCUT2D eigenvalue weighted by Gasteiger charge is 2.57. The summed E-state index contributed by atoms with van der Waals surface area (Å²) in [5.74, 6) is -0.530. The van der Waals surface area contributed by atoms with E-state index in [1.807, 2.05) is 30.1 Å². The zero-order chi connectivity index (χ0) is 18.4. The molecule has 0 radical (unpaired) electrons. The summed E-state index contributed by atoms with van der Waals surface area (Å²) in [6.07, 6.45) is 4.72. The monoisotopic (exact) mass is 356 g/mol. The first-order valence-electron chi connectivity index (χ1n) is 9.75. The Balaban J connectivity index is 1.65. The molecule has 1 saturated carbocycles. The minimum absolute atomic E-state index is 0.0642. The Kier molecular flexibility index (Phi) is 4.30. The predicted octanol–water partition coefficient (Wildman–Crippen LogP) is 2.36. The molecule has 5 nitrogen and oxygen atoms in total. The molecule has 3 fully saturated rings. The van der Waals surface area contributed by atoms with Crippen LogP contribution in [0.2, 0.25) is 0 Å². The molecule has 3 aliphatic rings. The van der Waals surface area contributed by atoms with Gasteiger partial charge >= 0.3 is 5.97 Å². The molecule has 0 aromatic heterocycles. The molecule has 5 heteroatoms. The molecule has 1 N–H and O–H groups in total. The summed E-state index contributed by atoms with van der Waals surface area (Å²) < 4.78 is 0. The lowest BCUT2D eigenvalue weighted by Crippen LogP contribution is -2.52. The number of piperidine rings is 1. The summed E-state index contributed by atoms with van der Waals surface area (Å²) in [5, 5.41) is 10.00. The zero-order valence-corrected chi connectivity index (χ0v) is 15.5. The third-order valence-electron chi connectivity index (χ3n) is 7.01. The first kappa shape index (κ1) is 17.5. The second-order valence-corrected chi connectivity index (χ2v) is 8.53. The Labute approximate surface area is 155 Å². The molecule has 0 unspecified atom stereocenters. The van der Waals surface area contributed by atoms with E-state index in [0.29, 0.717) is 19.6 Å². The third kappa shape index (κ3) is 2.56. The number of rotatable bonds is 3. The van der Waals surface area contributed by atoms with Gasteiger partial charge in [0.25, 0.3) is 0 Å². The van der Waals surface area contributed by atoms with Gasteiger partial charge in [0.1, 0.15) is 5.41 Å². The average Bonchev–Trinajstić information content (AvgIpc) is 3.28. The summed E-state index contributed by atoms with van der Waals surface area (Å²) >= 11 is 0. The Morgan fingerprint density at radius 2 is 1.81 bits per heavy atom. The van der Waals surface area contributed by atoms with Gasteiger partial charge in [-0.15, -0.1) is 0 Å². The van der Waals surface area contributed by atoms with Gasteiger partial charge in [0.15, 0.2) is 0 Å². The molecule has 4 rings (SSSR count). The van der Waals surface area contributed by atoms with Gasteiger partial charge in [-0.2, -0.15) is 0 Å². The number of hydrogen-bond donors (Lipinski definition) is 1. The second kappa shape index (κ2) is 6.38. The number of carbonyl (C=O) groups excluding carboxylic acids is 1. The summed E-state index contributed by atoms with van der Waals surface area (Å²) in [6.45, 7) is 2.39. The number of likely N-dealkylation sites (tertiary alicyclic amines) is 2. The molecule has 0 bridgehead atoms. The van der Waals surface area contributed by atoms with Crippen LogP contribution in [0.5, 0.6) is 0 Å². The van der Waals surface area contributed by atoms with Crippen LogP contribution in [0.1, 0.15) is 37.7 Å². The summed E-state index contributed by atoms with van der Waals surface area (Å²) in [6, 6.07) is 10.1. The molecule has 1 aromatic carbocycles. The summed E-state index contributed by atoms with van der Waals surface area (Å²) in [4.78, 5) is 29.8. The van der Waals surface area contributed by atoms with Crippen LogP contribution in [-0.4, -0.2) is 60.0 Å². The highest BCUT2D eigenvalue weighted by atomic mass is 16.4. The van der Waals surface area contributed by atoms with E-state index in [0.717, 1.165) is 44.2 Å². The van der Waals surface area contributed by atoms with Crippen LogP contribution in [0.15, 0.2) is 30.3 Å². The highest BCUT2D eigenvalue weighted by Crippen LogP contribution is 2.47. The second-order valence-electron chi connectivity index (χ2n) is 8.53. The van der Waals surface area contributed by atoms with Crippen molar-refractivity contribution in [2.75, 3.05) is 33.2 Å². The maximum atomic E-state index is 13.7. The van der Waals surface area contributed by atoms with E-state index in [9.17, 15) is 14.7 Å². The van der Waals surface area contributed by atoms with Gasteiger partial charge in [-0.05, 0) is 44.3 Å². The van der Waals surface area contributed by atoms with Crippen LogP contribution in [0.25, 0.3) is 0 Å². The molecule has 2 saturated heterocycles. The number of carboxylic acids is 1. The number of amides is 1. The standard InChI is InChI=1S/C21H28N2O3/c1-22-12-9-17-13-23(15-21(17,14-22)19(25)26)18(24)20(10-5-6-11-20)16-7-3-2-4-8-16/h2-4,7-8,17H,5-6,9-15H2,1H3,(H,25,26)/t17-,21-/m0/s1. The fraction of sp³-hybridized carbons (Fsp3) is 0.619. The van der Waals surface area contributed by atoms with Crippen LogP contribution < -0.4 is 0 Å². The van der Waals surface area contributed by atoms with E-state index >= 15 is 0 Å². The molecule has 0 spiro atoms. The molecule has 2 heterocycles. The Bertz CT molecular complexity index is 698. The van der Waals surface area contributed by atoms with Crippen molar-refractivity contribution in [3.8, 4) is 0 Å².